The minimum absolute atomic E-state index is 0.211. The zero-order valence-corrected chi connectivity index (χ0v) is 19.7. The Kier molecular flexibility index (Phi) is 5.27. The minimum Gasteiger partial charge on any atom is -0.496 e. The number of rotatable bonds is 6. The van der Waals surface area contributed by atoms with E-state index >= 15 is 0 Å². The number of furan rings is 1. The highest BCUT2D eigenvalue weighted by Crippen LogP contribution is 2.36. The number of nitrogens with zero attached hydrogens (tertiary/aromatic N) is 5. The molecule has 2 aliphatic heterocycles. The van der Waals surface area contributed by atoms with Crippen LogP contribution in [0, 0.1) is 0 Å². The van der Waals surface area contributed by atoms with Gasteiger partial charge in [-0.25, -0.2) is 20.0 Å². The number of aromatic nitrogens is 2. The fourth-order valence-corrected chi connectivity index (χ4v) is 4.96. The Morgan fingerprint density at radius 3 is 2.71 bits per heavy atom. The van der Waals surface area contributed by atoms with Gasteiger partial charge in [0.1, 0.15) is 33.7 Å². The van der Waals surface area contributed by atoms with E-state index in [2.05, 4.69) is 24.3 Å². The molecule has 0 aliphatic carbocycles. The van der Waals surface area contributed by atoms with Gasteiger partial charge in [0, 0.05) is 17.7 Å². The number of amidine groups is 1. The molecule has 4 heterocycles. The number of aliphatic imine (C=N–C) groups is 3. The Hall–Kier alpha value is -3.70. The predicted octanol–water partition coefficient (Wildman–Crippen LogP) is 4.77. The van der Waals surface area contributed by atoms with E-state index in [1.807, 2.05) is 42.5 Å². The van der Waals surface area contributed by atoms with Crippen LogP contribution in [0.4, 0.5) is 0 Å². The molecule has 0 saturated carbocycles. The van der Waals surface area contributed by atoms with Crippen LogP contribution in [0.5, 0.6) is 11.5 Å². The van der Waals surface area contributed by atoms with E-state index in [1.165, 1.54) is 23.3 Å². The summed E-state index contributed by atoms with van der Waals surface area (Å²) in [5, 5.41) is 2.96. The molecule has 0 amide bonds. The van der Waals surface area contributed by atoms with Crippen molar-refractivity contribution in [2.24, 2.45) is 15.0 Å². The molecule has 6 rings (SSSR count). The van der Waals surface area contributed by atoms with E-state index < -0.39 is 0 Å². The summed E-state index contributed by atoms with van der Waals surface area (Å²) in [6.45, 7) is 0.211. The van der Waals surface area contributed by atoms with E-state index in [-0.39, 0.29) is 12.8 Å². The average molecular weight is 492 g/mol. The first-order valence-electron chi connectivity index (χ1n) is 10.3. The molecule has 0 N–H and O–H groups in total. The largest absolute Gasteiger partial charge is 0.496 e. The first-order chi connectivity index (χ1) is 16.7. The highest BCUT2D eigenvalue weighted by Gasteiger charge is 2.33. The number of hydrogen-bond donors (Lipinski definition) is 0. The lowest BCUT2D eigenvalue weighted by atomic mass is 10.2. The van der Waals surface area contributed by atoms with Crippen LogP contribution in [0.15, 0.2) is 67.9 Å². The molecule has 170 valence electrons. The van der Waals surface area contributed by atoms with Crippen molar-refractivity contribution in [2.45, 2.75) is 12.8 Å². The molecule has 0 fully saturated rings. The smallest absolute Gasteiger partial charge is 0.254 e. The first-order valence-corrected chi connectivity index (χ1v) is 11.9. The van der Waals surface area contributed by atoms with E-state index in [4.69, 9.17) is 18.6 Å². The third kappa shape index (κ3) is 3.82. The monoisotopic (exact) mass is 491 g/mol. The lowest BCUT2D eigenvalue weighted by Crippen LogP contribution is -2.01. The van der Waals surface area contributed by atoms with Gasteiger partial charge in [-0.15, -0.1) is 0 Å². The van der Waals surface area contributed by atoms with E-state index in [0.717, 1.165) is 21.0 Å². The number of ether oxygens (including phenoxy) is 3. The van der Waals surface area contributed by atoms with Crippen LogP contribution >= 0.6 is 23.3 Å². The first kappa shape index (κ1) is 20.9. The number of methoxy groups -OCH3 is 2. The number of hydrogen-bond acceptors (Lipinski definition) is 11. The van der Waals surface area contributed by atoms with Crippen molar-refractivity contribution in [3.05, 3.63) is 60.1 Å². The van der Waals surface area contributed by atoms with Crippen molar-refractivity contribution in [3.63, 3.8) is 0 Å². The fourth-order valence-electron chi connectivity index (χ4n) is 3.53. The molecule has 0 spiro atoms. The topological polar surface area (TPSA) is 104 Å². The molecular weight excluding hydrogens is 474 g/mol. The van der Waals surface area contributed by atoms with Gasteiger partial charge in [0.15, 0.2) is 23.6 Å². The van der Waals surface area contributed by atoms with Crippen LogP contribution in [-0.2, 0) is 11.3 Å². The van der Waals surface area contributed by atoms with Gasteiger partial charge >= 0.3 is 0 Å². The van der Waals surface area contributed by atoms with Gasteiger partial charge in [-0.3, -0.25) is 0 Å². The van der Waals surface area contributed by atoms with Gasteiger partial charge in [-0.1, -0.05) is 30.3 Å². The fraction of sp³-hybridized carbons (Fsp3) is 0.174. The molecule has 11 heteroatoms. The molecule has 2 aromatic heterocycles. The summed E-state index contributed by atoms with van der Waals surface area (Å²) in [6.07, 6.45) is -0.372. The van der Waals surface area contributed by atoms with Crippen LogP contribution in [0.3, 0.4) is 0 Å². The van der Waals surface area contributed by atoms with E-state index in [0.29, 0.717) is 39.7 Å². The second-order valence-electron chi connectivity index (χ2n) is 7.30. The molecule has 0 bridgehead atoms. The Labute approximate surface area is 202 Å². The normalized spacial score (nSPS) is 16.8. The second kappa shape index (κ2) is 8.58. The van der Waals surface area contributed by atoms with Gasteiger partial charge in [0.05, 0.1) is 19.6 Å². The van der Waals surface area contributed by atoms with Crippen LogP contribution < -0.4 is 9.47 Å². The standard InChI is InChI=1S/C23H17N5O4S2/c1-29-13-8-15(31-11-18-24-21(34-28-18)12-6-4-3-5-7-12)14-10-17(32-16(14)9-13)19-25-20-22(26-19)33-23(27-20)30-2/h3-10,20H,11H2,1-2H3. The molecule has 1 atom stereocenters. The molecule has 9 nitrogen and oxygen atoms in total. The molecule has 1 unspecified atom stereocenters. The summed E-state index contributed by atoms with van der Waals surface area (Å²) in [6, 6.07) is 15.4. The number of benzene rings is 2. The van der Waals surface area contributed by atoms with Gasteiger partial charge in [0.2, 0.25) is 0 Å². The summed E-state index contributed by atoms with van der Waals surface area (Å²) >= 11 is 2.71. The third-order valence-corrected chi connectivity index (χ3v) is 6.91. The molecule has 0 radical (unpaired) electrons. The van der Waals surface area contributed by atoms with Crippen molar-refractivity contribution in [3.8, 4) is 22.1 Å². The highest BCUT2D eigenvalue weighted by atomic mass is 32.2. The van der Waals surface area contributed by atoms with Gasteiger partial charge in [0.25, 0.3) is 5.23 Å². The lowest BCUT2D eigenvalue weighted by Gasteiger charge is -2.07. The summed E-state index contributed by atoms with van der Waals surface area (Å²) in [7, 11) is 3.18. The van der Waals surface area contributed by atoms with Crippen molar-refractivity contribution < 1.29 is 18.6 Å². The van der Waals surface area contributed by atoms with Crippen LogP contribution in [0.2, 0.25) is 0 Å². The van der Waals surface area contributed by atoms with Gasteiger partial charge < -0.3 is 18.6 Å². The number of thioether (sulfide) groups is 1. The summed E-state index contributed by atoms with van der Waals surface area (Å²) in [5.74, 6) is 2.83. The zero-order valence-electron chi connectivity index (χ0n) is 18.1. The Bertz CT molecular complexity index is 1480. The molecule has 2 aliphatic rings. The second-order valence-corrected chi connectivity index (χ2v) is 9.02. The van der Waals surface area contributed by atoms with Crippen molar-refractivity contribution >= 4 is 50.4 Å². The average Bonchev–Trinajstić information content (AvgIpc) is 3.65. The molecule has 34 heavy (non-hydrogen) atoms. The Balaban J connectivity index is 1.27. The molecule has 0 saturated heterocycles. The zero-order chi connectivity index (χ0) is 23.1. The molecule has 2 aromatic carbocycles. The van der Waals surface area contributed by atoms with Crippen LogP contribution in [0.25, 0.3) is 21.5 Å². The molecule has 4 aromatic rings. The van der Waals surface area contributed by atoms with Crippen LogP contribution in [0.1, 0.15) is 11.6 Å². The van der Waals surface area contributed by atoms with E-state index in [9.17, 15) is 0 Å². The summed E-state index contributed by atoms with van der Waals surface area (Å²) in [4.78, 5) is 18.1. The minimum atomic E-state index is -0.372. The summed E-state index contributed by atoms with van der Waals surface area (Å²) < 4.78 is 27.2. The SMILES string of the molecule is COC1=NC2N=C(c3cc4c(OCc5nsc(-c6ccccc6)n5)cc(OC)cc4o3)N=C2S1. The Morgan fingerprint density at radius 1 is 1.03 bits per heavy atom. The van der Waals surface area contributed by atoms with Crippen molar-refractivity contribution in [1.29, 1.82) is 0 Å². The maximum absolute atomic E-state index is 6.10. The van der Waals surface area contributed by atoms with Crippen molar-refractivity contribution in [2.75, 3.05) is 14.2 Å². The van der Waals surface area contributed by atoms with Gasteiger partial charge in [-0.2, -0.15) is 4.37 Å². The highest BCUT2D eigenvalue weighted by molar-refractivity contribution is 8.26. The maximum atomic E-state index is 6.10. The van der Waals surface area contributed by atoms with Gasteiger partial charge in [-0.05, 0) is 29.4 Å². The predicted molar refractivity (Wildman–Crippen MR) is 132 cm³/mol. The molecular formula is C23H17N5O4S2. The van der Waals surface area contributed by atoms with E-state index in [1.54, 1.807) is 20.3 Å². The van der Waals surface area contributed by atoms with Crippen LogP contribution in [-0.4, -0.2) is 45.9 Å². The Morgan fingerprint density at radius 2 is 1.91 bits per heavy atom. The lowest BCUT2D eigenvalue weighted by molar-refractivity contribution is 0.299. The quantitative estimate of drug-likeness (QED) is 0.383. The summed E-state index contributed by atoms with van der Waals surface area (Å²) in [5.41, 5.74) is 1.63. The van der Waals surface area contributed by atoms with Crippen molar-refractivity contribution in [1.82, 2.24) is 9.36 Å². The maximum Gasteiger partial charge on any atom is 0.254 e. The third-order valence-electron chi connectivity index (χ3n) is 5.15. The number of fused-ring (bicyclic) bond motifs is 2.